The Morgan fingerprint density at radius 2 is 1.83 bits per heavy atom. The van der Waals surface area contributed by atoms with Crippen molar-refractivity contribution < 1.29 is 19.4 Å². The van der Waals surface area contributed by atoms with Gasteiger partial charge in [0, 0.05) is 6.42 Å². The van der Waals surface area contributed by atoms with Gasteiger partial charge in [0.05, 0.1) is 6.42 Å². The number of hydrogen-bond acceptors (Lipinski definition) is 3. The molecule has 0 heterocycles. The molecule has 1 aromatic rings. The van der Waals surface area contributed by atoms with Gasteiger partial charge in [-0.3, -0.25) is 4.79 Å². The fourth-order valence-electron chi connectivity index (χ4n) is 4.56. The lowest BCUT2D eigenvalue weighted by Crippen LogP contribution is -2.48. The molecule has 24 heavy (non-hydrogen) atoms. The van der Waals surface area contributed by atoms with Crippen LogP contribution in [-0.4, -0.2) is 22.6 Å². The first-order valence-electron chi connectivity index (χ1n) is 8.91. The molecule has 2 aliphatic carbocycles. The summed E-state index contributed by atoms with van der Waals surface area (Å²) in [6.07, 6.45) is 5.34. The maximum atomic E-state index is 12.5. The molecular formula is C20H26O4. The Labute approximate surface area is 143 Å². The van der Waals surface area contributed by atoms with Gasteiger partial charge in [0.15, 0.2) is 0 Å². The van der Waals surface area contributed by atoms with Crippen LogP contribution in [0.2, 0.25) is 0 Å². The molecule has 0 bridgehead atoms. The van der Waals surface area contributed by atoms with Crippen LogP contribution in [0.3, 0.4) is 0 Å². The average Bonchev–Trinajstić information content (AvgIpc) is 2.98. The summed E-state index contributed by atoms with van der Waals surface area (Å²) in [6, 6.07) is 5.89. The first kappa shape index (κ1) is 17.0. The van der Waals surface area contributed by atoms with Crippen LogP contribution >= 0.6 is 0 Å². The minimum atomic E-state index is -1.32. The SMILES string of the molecule is Cc1cccc(C)c1CC(=O)OC1(C(=O)O)CCC2CCCC2C1. The molecule has 0 amide bonds. The lowest BCUT2D eigenvalue weighted by Gasteiger charge is -2.38. The Morgan fingerprint density at radius 1 is 1.17 bits per heavy atom. The van der Waals surface area contributed by atoms with Gasteiger partial charge in [0.1, 0.15) is 0 Å². The highest BCUT2D eigenvalue weighted by Crippen LogP contribution is 2.47. The number of benzene rings is 1. The second-order valence-electron chi connectivity index (χ2n) is 7.51. The third-order valence-corrected chi connectivity index (χ3v) is 5.99. The zero-order chi connectivity index (χ0) is 17.3. The van der Waals surface area contributed by atoms with E-state index in [2.05, 4.69) is 0 Å². The number of rotatable bonds is 4. The van der Waals surface area contributed by atoms with E-state index in [4.69, 9.17) is 4.74 Å². The molecule has 3 rings (SSSR count). The van der Waals surface area contributed by atoms with Gasteiger partial charge in [-0.25, -0.2) is 4.79 Å². The number of aliphatic carboxylic acids is 1. The zero-order valence-corrected chi connectivity index (χ0v) is 14.5. The minimum absolute atomic E-state index is 0.141. The number of carboxylic acids is 1. The molecule has 130 valence electrons. The molecule has 3 unspecified atom stereocenters. The van der Waals surface area contributed by atoms with E-state index in [1.165, 1.54) is 12.8 Å². The Bertz CT molecular complexity index is 631. The Kier molecular flexibility index (Phi) is 4.66. The number of aryl methyl sites for hydroxylation is 2. The number of carboxylic acid groups (broad SMARTS) is 1. The van der Waals surface area contributed by atoms with Crippen molar-refractivity contribution in [2.45, 2.75) is 64.4 Å². The Hall–Kier alpha value is -1.84. The molecule has 0 radical (unpaired) electrons. The van der Waals surface area contributed by atoms with Crippen LogP contribution in [-0.2, 0) is 20.7 Å². The second-order valence-corrected chi connectivity index (χ2v) is 7.51. The molecule has 4 nitrogen and oxygen atoms in total. The first-order chi connectivity index (χ1) is 11.4. The minimum Gasteiger partial charge on any atom is -0.478 e. The van der Waals surface area contributed by atoms with Crippen molar-refractivity contribution in [3.63, 3.8) is 0 Å². The van der Waals surface area contributed by atoms with Crippen molar-refractivity contribution in [1.82, 2.24) is 0 Å². The van der Waals surface area contributed by atoms with Gasteiger partial charge in [0.2, 0.25) is 5.60 Å². The standard InChI is InChI=1S/C20H26O4/c1-13-5-3-6-14(2)17(13)11-18(21)24-20(19(22)23)10-9-15-7-4-8-16(15)12-20/h3,5-6,15-16H,4,7-12H2,1-2H3,(H,22,23). The van der Waals surface area contributed by atoms with E-state index < -0.39 is 17.5 Å². The predicted molar refractivity (Wildman–Crippen MR) is 90.8 cm³/mol. The largest absolute Gasteiger partial charge is 0.478 e. The van der Waals surface area contributed by atoms with Crippen LogP contribution in [0, 0.1) is 25.7 Å². The molecule has 2 aliphatic rings. The van der Waals surface area contributed by atoms with Crippen LogP contribution < -0.4 is 0 Å². The molecule has 1 N–H and O–H groups in total. The van der Waals surface area contributed by atoms with Gasteiger partial charge < -0.3 is 9.84 Å². The first-order valence-corrected chi connectivity index (χ1v) is 8.91. The van der Waals surface area contributed by atoms with E-state index >= 15 is 0 Å². The summed E-state index contributed by atoms with van der Waals surface area (Å²) in [4.78, 5) is 24.4. The van der Waals surface area contributed by atoms with Gasteiger partial charge in [-0.05, 0) is 55.2 Å². The van der Waals surface area contributed by atoms with Crippen LogP contribution in [0.1, 0.15) is 55.2 Å². The highest BCUT2D eigenvalue weighted by molar-refractivity contribution is 5.83. The quantitative estimate of drug-likeness (QED) is 0.853. The zero-order valence-electron chi connectivity index (χ0n) is 14.5. The summed E-state index contributed by atoms with van der Waals surface area (Å²) in [5.41, 5.74) is 1.70. The smallest absolute Gasteiger partial charge is 0.348 e. The molecule has 0 aromatic heterocycles. The van der Waals surface area contributed by atoms with E-state index in [0.29, 0.717) is 24.7 Å². The molecule has 0 spiro atoms. The van der Waals surface area contributed by atoms with E-state index in [9.17, 15) is 14.7 Å². The fraction of sp³-hybridized carbons (Fsp3) is 0.600. The van der Waals surface area contributed by atoms with Crippen LogP contribution in [0.15, 0.2) is 18.2 Å². The fourth-order valence-corrected chi connectivity index (χ4v) is 4.56. The van der Waals surface area contributed by atoms with Crippen LogP contribution in [0.25, 0.3) is 0 Å². The van der Waals surface area contributed by atoms with Gasteiger partial charge in [-0.1, -0.05) is 37.5 Å². The predicted octanol–water partition coefficient (Wildman–Crippen LogP) is 3.81. The van der Waals surface area contributed by atoms with E-state index in [0.717, 1.165) is 29.5 Å². The molecule has 2 fully saturated rings. The highest BCUT2D eigenvalue weighted by Gasteiger charge is 2.50. The Morgan fingerprint density at radius 3 is 2.50 bits per heavy atom. The maximum absolute atomic E-state index is 12.5. The van der Waals surface area contributed by atoms with Crippen molar-refractivity contribution in [3.05, 3.63) is 34.9 Å². The Balaban J connectivity index is 1.74. The molecule has 0 aliphatic heterocycles. The van der Waals surface area contributed by atoms with Gasteiger partial charge in [-0.2, -0.15) is 0 Å². The number of carbonyl (C=O) groups is 2. The lowest BCUT2D eigenvalue weighted by atomic mass is 9.73. The van der Waals surface area contributed by atoms with Gasteiger partial charge in [-0.15, -0.1) is 0 Å². The van der Waals surface area contributed by atoms with Crippen molar-refractivity contribution in [2.24, 2.45) is 11.8 Å². The third-order valence-electron chi connectivity index (χ3n) is 5.99. The summed E-state index contributed by atoms with van der Waals surface area (Å²) < 4.78 is 5.62. The third kappa shape index (κ3) is 3.19. The van der Waals surface area contributed by atoms with Crippen LogP contribution in [0.5, 0.6) is 0 Å². The van der Waals surface area contributed by atoms with E-state index in [1.807, 2.05) is 32.0 Å². The van der Waals surface area contributed by atoms with Crippen molar-refractivity contribution in [1.29, 1.82) is 0 Å². The summed E-state index contributed by atoms with van der Waals surface area (Å²) in [5, 5.41) is 9.76. The number of ether oxygens (including phenoxy) is 1. The normalized spacial score (nSPS) is 29.1. The number of esters is 1. The van der Waals surface area contributed by atoms with E-state index in [-0.39, 0.29) is 6.42 Å². The van der Waals surface area contributed by atoms with Crippen molar-refractivity contribution >= 4 is 11.9 Å². The highest BCUT2D eigenvalue weighted by atomic mass is 16.6. The molecule has 2 saturated carbocycles. The topological polar surface area (TPSA) is 63.6 Å². The molecular weight excluding hydrogens is 304 g/mol. The number of hydrogen-bond donors (Lipinski definition) is 1. The number of fused-ring (bicyclic) bond motifs is 1. The van der Waals surface area contributed by atoms with Crippen molar-refractivity contribution in [3.8, 4) is 0 Å². The molecule has 3 atom stereocenters. The molecule has 1 aromatic carbocycles. The monoisotopic (exact) mass is 330 g/mol. The molecule has 0 saturated heterocycles. The molecule has 4 heteroatoms. The summed E-state index contributed by atoms with van der Waals surface area (Å²) in [5.74, 6) is -0.397. The average molecular weight is 330 g/mol. The lowest BCUT2D eigenvalue weighted by molar-refractivity contribution is -0.185. The summed E-state index contributed by atoms with van der Waals surface area (Å²) >= 11 is 0. The van der Waals surface area contributed by atoms with Crippen LogP contribution in [0.4, 0.5) is 0 Å². The maximum Gasteiger partial charge on any atom is 0.348 e. The second kappa shape index (κ2) is 6.58. The number of carbonyl (C=O) groups excluding carboxylic acids is 1. The van der Waals surface area contributed by atoms with Gasteiger partial charge in [0.25, 0.3) is 0 Å². The summed E-state index contributed by atoms with van der Waals surface area (Å²) in [7, 11) is 0. The van der Waals surface area contributed by atoms with E-state index in [1.54, 1.807) is 0 Å². The summed E-state index contributed by atoms with van der Waals surface area (Å²) in [6.45, 7) is 3.93. The van der Waals surface area contributed by atoms with Crippen molar-refractivity contribution in [2.75, 3.05) is 0 Å². The van der Waals surface area contributed by atoms with Gasteiger partial charge >= 0.3 is 11.9 Å².